The highest BCUT2D eigenvalue weighted by Gasteiger charge is 2.06. The molecule has 0 unspecified atom stereocenters. The van der Waals surface area contributed by atoms with E-state index in [0.717, 1.165) is 4.47 Å². The van der Waals surface area contributed by atoms with Crippen molar-refractivity contribution in [2.75, 3.05) is 12.8 Å². The van der Waals surface area contributed by atoms with Crippen LogP contribution in [-0.4, -0.2) is 22.1 Å². The first kappa shape index (κ1) is 11.6. The van der Waals surface area contributed by atoms with Crippen LogP contribution in [0.25, 0.3) is 0 Å². The van der Waals surface area contributed by atoms with Crippen molar-refractivity contribution in [1.82, 2.24) is 15.0 Å². The summed E-state index contributed by atoms with van der Waals surface area (Å²) in [7, 11) is 1.44. The molecule has 0 saturated heterocycles. The highest BCUT2D eigenvalue weighted by Crippen LogP contribution is 2.21. The molecule has 6 nitrogen and oxygen atoms in total. The van der Waals surface area contributed by atoms with Gasteiger partial charge in [0, 0.05) is 4.47 Å². The van der Waals surface area contributed by atoms with Gasteiger partial charge in [-0.25, -0.2) is 0 Å². The molecule has 2 N–H and O–H groups in total. The number of halogens is 1. The first-order valence-electron chi connectivity index (χ1n) is 4.66. The van der Waals surface area contributed by atoms with E-state index in [2.05, 4.69) is 30.9 Å². The molecule has 0 aliphatic rings. The molecule has 2 aromatic rings. The van der Waals surface area contributed by atoms with E-state index in [4.69, 9.17) is 15.2 Å². The summed E-state index contributed by atoms with van der Waals surface area (Å²) in [5.41, 5.74) is 5.48. The topological polar surface area (TPSA) is 83.2 Å². The van der Waals surface area contributed by atoms with E-state index in [1.54, 1.807) is 12.1 Å². The third-order valence-corrected chi connectivity index (χ3v) is 2.35. The fourth-order valence-electron chi connectivity index (χ4n) is 1.10. The van der Waals surface area contributed by atoms with Crippen LogP contribution in [0.5, 0.6) is 17.8 Å². The van der Waals surface area contributed by atoms with Crippen LogP contribution in [0.4, 0.5) is 5.95 Å². The summed E-state index contributed by atoms with van der Waals surface area (Å²) < 4.78 is 11.2. The third kappa shape index (κ3) is 3.04. The van der Waals surface area contributed by atoms with E-state index < -0.39 is 0 Å². The third-order valence-electron chi connectivity index (χ3n) is 1.82. The standard InChI is InChI=1S/C10H9BrN4O2/c1-16-9-13-8(12)14-10(15-9)17-7-4-2-6(11)3-5-7/h2-5H,1H3,(H2,12,13,14,15). The summed E-state index contributed by atoms with van der Waals surface area (Å²) in [6, 6.07) is 7.45. The van der Waals surface area contributed by atoms with Crippen LogP contribution in [0, 0.1) is 0 Å². The Morgan fingerprint density at radius 2 is 1.71 bits per heavy atom. The summed E-state index contributed by atoms with van der Waals surface area (Å²) in [4.78, 5) is 11.5. The maximum Gasteiger partial charge on any atom is 0.330 e. The van der Waals surface area contributed by atoms with Gasteiger partial charge >= 0.3 is 12.0 Å². The number of methoxy groups -OCH3 is 1. The van der Waals surface area contributed by atoms with E-state index in [-0.39, 0.29) is 18.0 Å². The molecule has 2 rings (SSSR count). The lowest BCUT2D eigenvalue weighted by Gasteiger charge is -2.05. The Bertz CT molecular complexity index is 518. The predicted octanol–water partition coefficient (Wildman–Crippen LogP) is 2.02. The van der Waals surface area contributed by atoms with Crippen molar-refractivity contribution >= 4 is 21.9 Å². The zero-order valence-electron chi connectivity index (χ0n) is 8.92. The molecule has 7 heteroatoms. The van der Waals surface area contributed by atoms with Crippen LogP contribution in [0.2, 0.25) is 0 Å². The van der Waals surface area contributed by atoms with Crippen molar-refractivity contribution in [3.8, 4) is 17.8 Å². The number of benzene rings is 1. The van der Waals surface area contributed by atoms with E-state index in [9.17, 15) is 0 Å². The molecule has 0 radical (unpaired) electrons. The second-order valence-electron chi connectivity index (χ2n) is 3.02. The number of hydrogen-bond acceptors (Lipinski definition) is 6. The maximum absolute atomic E-state index is 5.48. The zero-order chi connectivity index (χ0) is 12.3. The second kappa shape index (κ2) is 4.96. The lowest BCUT2D eigenvalue weighted by Crippen LogP contribution is -2.02. The lowest BCUT2D eigenvalue weighted by atomic mass is 10.3. The van der Waals surface area contributed by atoms with Gasteiger partial charge in [-0.1, -0.05) is 15.9 Å². The summed E-state index contributed by atoms with van der Waals surface area (Å²) in [5.74, 6) is 0.643. The SMILES string of the molecule is COc1nc(N)nc(Oc2ccc(Br)cc2)n1. The first-order chi connectivity index (χ1) is 8.17. The van der Waals surface area contributed by atoms with Crippen molar-refractivity contribution in [3.63, 3.8) is 0 Å². The average Bonchev–Trinajstić information content (AvgIpc) is 2.31. The minimum absolute atomic E-state index is 0.0453. The van der Waals surface area contributed by atoms with Crippen LogP contribution in [0.15, 0.2) is 28.7 Å². The Morgan fingerprint density at radius 1 is 1.06 bits per heavy atom. The number of aromatic nitrogens is 3. The molecular formula is C10H9BrN4O2. The van der Waals surface area contributed by atoms with Gasteiger partial charge in [-0.3, -0.25) is 0 Å². The van der Waals surface area contributed by atoms with Crippen molar-refractivity contribution < 1.29 is 9.47 Å². The summed E-state index contributed by atoms with van der Waals surface area (Å²) in [6.45, 7) is 0. The molecule has 0 atom stereocenters. The maximum atomic E-state index is 5.48. The number of rotatable bonds is 3. The van der Waals surface area contributed by atoms with E-state index in [0.29, 0.717) is 5.75 Å². The normalized spacial score (nSPS) is 10.0. The van der Waals surface area contributed by atoms with E-state index in [1.165, 1.54) is 7.11 Å². The van der Waals surface area contributed by atoms with E-state index >= 15 is 0 Å². The van der Waals surface area contributed by atoms with E-state index in [1.807, 2.05) is 12.1 Å². The van der Waals surface area contributed by atoms with Gasteiger partial charge in [0.05, 0.1) is 7.11 Å². The molecule has 0 fully saturated rings. The van der Waals surface area contributed by atoms with Crippen molar-refractivity contribution in [2.45, 2.75) is 0 Å². The average molecular weight is 297 g/mol. The Hall–Kier alpha value is -1.89. The number of hydrogen-bond donors (Lipinski definition) is 1. The van der Waals surface area contributed by atoms with Crippen molar-refractivity contribution in [3.05, 3.63) is 28.7 Å². The first-order valence-corrected chi connectivity index (χ1v) is 5.45. The Labute approximate surface area is 106 Å². The number of nitrogens with zero attached hydrogens (tertiary/aromatic N) is 3. The molecule has 0 amide bonds. The molecule has 1 aromatic heterocycles. The summed E-state index contributed by atoms with van der Waals surface area (Å²) >= 11 is 3.33. The van der Waals surface area contributed by atoms with Gasteiger partial charge in [-0.05, 0) is 24.3 Å². The highest BCUT2D eigenvalue weighted by atomic mass is 79.9. The monoisotopic (exact) mass is 296 g/mol. The fourth-order valence-corrected chi connectivity index (χ4v) is 1.36. The minimum atomic E-state index is 0.0453. The molecule has 0 saturated carbocycles. The van der Waals surface area contributed by atoms with Crippen LogP contribution in [-0.2, 0) is 0 Å². The molecule has 0 bridgehead atoms. The molecule has 88 valence electrons. The molecule has 1 heterocycles. The van der Waals surface area contributed by atoms with Gasteiger partial charge in [0.1, 0.15) is 5.75 Å². The molecular weight excluding hydrogens is 288 g/mol. The predicted molar refractivity (Wildman–Crippen MR) is 65.0 cm³/mol. The van der Waals surface area contributed by atoms with Crippen LogP contribution in [0.1, 0.15) is 0 Å². The quantitative estimate of drug-likeness (QED) is 0.933. The van der Waals surface area contributed by atoms with Gasteiger partial charge in [0.15, 0.2) is 0 Å². The van der Waals surface area contributed by atoms with Crippen LogP contribution in [0.3, 0.4) is 0 Å². The number of nitrogens with two attached hydrogens (primary N) is 1. The minimum Gasteiger partial charge on any atom is -0.467 e. The molecule has 1 aromatic carbocycles. The van der Waals surface area contributed by atoms with Gasteiger partial charge < -0.3 is 15.2 Å². The molecule has 0 aliphatic heterocycles. The van der Waals surface area contributed by atoms with Crippen molar-refractivity contribution in [2.24, 2.45) is 0 Å². The van der Waals surface area contributed by atoms with Gasteiger partial charge in [-0.2, -0.15) is 9.97 Å². The lowest BCUT2D eigenvalue weighted by molar-refractivity contribution is 0.360. The highest BCUT2D eigenvalue weighted by molar-refractivity contribution is 9.10. The molecule has 0 spiro atoms. The summed E-state index contributed by atoms with van der Waals surface area (Å²) in [5, 5.41) is 0. The molecule has 17 heavy (non-hydrogen) atoms. The Morgan fingerprint density at radius 3 is 2.35 bits per heavy atom. The van der Waals surface area contributed by atoms with Gasteiger partial charge in [-0.15, -0.1) is 4.98 Å². The number of nitrogen functional groups attached to an aromatic ring is 1. The number of anilines is 1. The second-order valence-corrected chi connectivity index (χ2v) is 3.93. The Balaban J connectivity index is 2.23. The zero-order valence-corrected chi connectivity index (χ0v) is 10.5. The van der Waals surface area contributed by atoms with Crippen LogP contribution >= 0.6 is 15.9 Å². The largest absolute Gasteiger partial charge is 0.467 e. The Kier molecular flexibility index (Phi) is 3.38. The van der Waals surface area contributed by atoms with Gasteiger partial charge in [0.25, 0.3) is 0 Å². The summed E-state index contributed by atoms with van der Waals surface area (Å²) in [6.07, 6.45) is 0. The fraction of sp³-hybridized carbons (Fsp3) is 0.100. The molecule has 0 aliphatic carbocycles. The van der Waals surface area contributed by atoms with Crippen LogP contribution < -0.4 is 15.2 Å². The number of ether oxygens (including phenoxy) is 2. The van der Waals surface area contributed by atoms with Crippen molar-refractivity contribution in [1.29, 1.82) is 0 Å². The smallest absolute Gasteiger partial charge is 0.330 e. The van der Waals surface area contributed by atoms with Gasteiger partial charge in [0.2, 0.25) is 5.95 Å².